The molecule has 1 heterocycles. The first-order valence-electron chi connectivity index (χ1n) is 6.53. The molecule has 2 N–H and O–H groups in total. The highest BCUT2D eigenvalue weighted by Gasteiger charge is 2.22. The molecule has 1 aliphatic carbocycles. The van der Waals surface area contributed by atoms with Gasteiger partial charge in [0.05, 0.1) is 12.3 Å². The first-order valence-corrected chi connectivity index (χ1v) is 7.73. The highest BCUT2D eigenvalue weighted by molar-refractivity contribution is 7.99. The Balaban J connectivity index is 1.71. The van der Waals surface area contributed by atoms with Crippen LogP contribution in [0.15, 0.2) is 46.3 Å². The minimum absolute atomic E-state index is 0.538. The third-order valence-electron chi connectivity index (χ3n) is 3.05. The molecule has 0 unspecified atom stereocenters. The largest absolute Gasteiger partial charge is 0.476 e. The van der Waals surface area contributed by atoms with Crippen molar-refractivity contribution in [2.45, 2.75) is 22.8 Å². The van der Waals surface area contributed by atoms with Crippen molar-refractivity contribution in [1.82, 2.24) is 4.98 Å². The second-order valence-electron chi connectivity index (χ2n) is 4.85. The summed E-state index contributed by atoms with van der Waals surface area (Å²) in [5.74, 6) is 1.22. The number of hydrogen-bond donors (Lipinski definition) is 1. The molecule has 5 heteroatoms. The first-order chi connectivity index (χ1) is 9.70. The van der Waals surface area contributed by atoms with Crippen molar-refractivity contribution in [2.24, 2.45) is 5.92 Å². The Morgan fingerprint density at radius 1 is 1.20 bits per heavy atom. The van der Waals surface area contributed by atoms with Crippen LogP contribution in [0.3, 0.4) is 0 Å². The number of anilines is 1. The van der Waals surface area contributed by atoms with Crippen LogP contribution in [-0.4, -0.2) is 11.6 Å². The Morgan fingerprint density at radius 3 is 2.65 bits per heavy atom. The van der Waals surface area contributed by atoms with Gasteiger partial charge in [-0.1, -0.05) is 23.4 Å². The molecule has 0 saturated heterocycles. The SMILES string of the molecule is Nc1ccc(Sc2ccc(Cl)cc2)nc1OCC1CC1. The van der Waals surface area contributed by atoms with Crippen molar-refractivity contribution in [1.29, 1.82) is 0 Å². The molecule has 104 valence electrons. The monoisotopic (exact) mass is 306 g/mol. The summed E-state index contributed by atoms with van der Waals surface area (Å²) >= 11 is 7.44. The van der Waals surface area contributed by atoms with Gasteiger partial charge in [-0.05, 0) is 55.2 Å². The molecule has 1 aromatic heterocycles. The van der Waals surface area contributed by atoms with Gasteiger partial charge >= 0.3 is 0 Å². The van der Waals surface area contributed by atoms with Crippen LogP contribution in [0.2, 0.25) is 5.02 Å². The van der Waals surface area contributed by atoms with Crippen molar-refractivity contribution in [3.05, 3.63) is 41.4 Å². The lowest BCUT2D eigenvalue weighted by atomic mass is 10.4. The molecular formula is C15H15ClN2OS. The van der Waals surface area contributed by atoms with E-state index < -0.39 is 0 Å². The molecule has 1 aliphatic rings. The van der Waals surface area contributed by atoms with Crippen LogP contribution in [0.1, 0.15) is 12.8 Å². The predicted molar refractivity (Wildman–Crippen MR) is 82.4 cm³/mol. The number of aromatic nitrogens is 1. The average Bonchev–Trinajstić information content (AvgIpc) is 3.26. The number of nitrogen functional groups attached to an aromatic ring is 1. The Hall–Kier alpha value is -1.39. The zero-order valence-corrected chi connectivity index (χ0v) is 12.5. The quantitative estimate of drug-likeness (QED) is 0.896. The van der Waals surface area contributed by atoms with Gasteiger partial charge in [0.15, 0.2) is 0 Å². The van der Waals surface area contributed by atoms with E-state index in [9.17, 15) is 0 Å². The lowest BCUT2D eigenvalue weighted by Gasteiger charge is -2.09. The number of ether oxygens (including phenoxy) is 1. The molecule has 1 saturated carbocycles. The number of benzene rings is 1. The van der Waals surface area contributed by atoms with E-state index in [1.54, 1.807) is 11.8 Å². The molecule has 0 aliphatic heterocycles. The van der Waals surface area contributed by atoms with Gasteiger partial charge in [0, 0.05) is 9.92 Å². The number of nitrogens with two attached hydrogens (primary N) is 1. The highest BCUT2D eigenvalue weighted by atomic mass is 35.5. The van der Waals surface area contributed by atoms with Crippen LogP contribution in [0, 0.1) is 5.92 Å². The van der Waals surface area contributed by atoms with E-state index in [1.807, 2.05) is 36.4 Å². The number of rotatable bonds is 5. The smallest absolute Gasteiger partial charge is 0.238 e. The molecule has 0 bridgehead atoms. The van der Waals surface area contributed by atoms with Gasteiger partial charge in [-0.2, -0.15) is 0 Å². The van der Waals surface area contributed by atoms with Crippen LogP contribution in [-0.2, 0) is 0 Å². The Kier molecular flexibility index (Phi) is 4.03. The minimum atomic E-state index is 0.538. The topological polar surface area (TPSA) is 48.1 Å². The molecule has 2 aromatic rings. The second-order valence-corrected chi connectivity index (χ2v) is 6.38. The van der Waals surface area contributed by atoms with Crippen molar-refractivity contribution < 1.29 is 4.74 Å². The molecule has 0 spiro atoms. The van der Waals surface area contributed by atoms with E-state index >= 15 is 0 Å². The lowest BCUT2D eigenvalue weighted by molar-refractivity contribution is 0.288. The zero-order valence-electron chi connectivity index (χ0n) is 10.9. The minimum Gasteiger partial charge on any atom is -0.476 e. The maximum absolute atomic E-state index is 5.90. The van der Waals surface area contributed by atoms with E-state index in [4.69, 9.17) is 22.1 Å². The summed E-state index contributed by atoms with van der Waals surface area (Å²) in [6.45, 7) is 0.715. The van der Waals surface area contributed by atoms with E-state index in [0.717, 1.165) is 14.9 Å². The van der Waals surface area contributed by atoms with Crippen LogP contribution in [0.5, 0.6) is 5.88 Å². The Morgan fingerprint density at radius 2 is 1.95 bits per heavy atom. The van der Waals surface area contributed by atoms with Crippen molar-refractivity contribution in [3.8, 4) is 5.88 Å². The van der Waals surface area contributed by atoms with Gasteiger partial charge in [-0.15, -0.1) is 0 Å². The maximum atomic E-state index is 5.90. The Labute approximate surface area is 127 Å². The summed E-state index contributed by atoms with van der Waals surface area (Å²) in [5, 5.41) is 1.60. The summed E-state index contributed by atoms with van der Waals surface area (Å²) in [5.41, 5.74) is 6.48. The van der Waals surface area contributed by atoms with E-state index in [1.165, 1.54) is 12.8 Å². The van der Waals surface area contributed by atoms with Crippen LogP contribution < -0.4 is 10.5 Å². The number of hydrogen-bond acceptors (Lipinski definition) is 4. The molecule has 0 radical (unpaired) electrons. The van der Waals surface area contributed by atoms with E-state index in [0.29, 0.717) is 24.1 Å². The van der Waals surface area contributed by atoms with Gasteiger partial charge in [-0.3, -0.25) is 0 Å². The van der Waals surface area contributed by atoms with Crippen molar-refractivity contribution in [3.63, 3.8) is 0 Å². The standard InChI is InChI=1S/C15H15ClN2OS/c16-11-3-5-12(6-4-11)20-14-8-7-13(17)15(18-14)19-9-10-1-2-10/h3-8,10H,1-2,9,17H2. The molecule has 0 amide bonds. The number of pyridine rings is 1. The van der Waals surface area contributed by atoms with Gasteiger partial charge < -0.3 is 10.5 Å². The van der Waals surface area contributed by atoms with Crippen LogP contribution in [0.4, 0.5) is 5.69 Å². The molecular weight excluding hydrogens is 292 g/mol. The molecule has 3 nitrogen and oxygen atoms in total. The number of halogens is 1. The highest BCUT2D eigenvalue weighted by Crippen LogP contribution is 2.33. The van der Waals surface area contributed by atoms with Crippen LogP contribution >= 0.6 is 23.4 Å². The van der Waals surface area contributed by atoms with Crippen LogP contribution in [0.25, 0.3) is 0 Å². The molecule has 20 heavy (non-hydrogen) atoms. The maximum Gasteiger partial charge on any atom is 0.238 e. The lowest BCUT2D eigenvalue weighted by Crippen LogP contribution is -2.04. The normalized spacial score (nSPS) is 14.2. The Bertz CT molecular complexity index is 599. The summed E-state index contributed by atoms with van der Waals surface area (Å²) < 4.78 is 5.69. The molecule has 0 atom stereocenters. The van der Waals surface area contributed by atoms with E-state index in [2.05, 4.69) is 4.98 Å². The van der Waals surface area contributed by atoms with Crippen molar-refractivity contribution in [2.75, 3.05) is 12.3 Å². The van der Waals surface area contributed by atoms with Crippen molar-refractivity contribution >= 4 is 29.1 Å². The average molecular weight is 307 g/mol. The summed E-state index contributed by atoms with van der Waals surface area (Å²) in [6.07, 6.45) is 2.50. The third kappa shape index (κ3) is 3.58. The fraction of sp³-hybridized carbons (Fsp3) is 0.267. The third-order valence-corrected chi connectivity index (χ3v) is 4.25. The van der Waals surface area contributed by atoms with E-state index in [-0.39, 0.29) is 0 Å². The van der Waals surface area contributed by atoms with Gasteiger partial charge in [-0.25, -0.2) is 4.98 Å². The van der Waals surface area contributed by atoms with Gasteiger partial charge in [0.1, 0.15) is 5.03 Å². The first kappa shape index (κ1) is 13.6. The summed E-state index contributed by atoms with van der Waals surface area (Å²) in [7, 11) is 0. The summed E-state index contributed by atoms with van der Waals surface area (Å²) in [4.78, 5) is 5.56. The fourth-order valence-electron chi connectivity index (χ4n) is 1.71. The molecule has 1 aromatic carbocycles. The summed E-state index contributed by atoms with van der Waals surface area (Å²) in [6, 6.07) is 11.4. The fourth-order valence-corrected chi connectivity index (χ4v) is 2.62. The predicted octanol–water partition coefficient (Wildman–Crippen LogP) is 4.26. The number of nitrogens with zero attached hydrogens (tertiary/aromatic N) is 1. The molecule has 1 fully saturated rings. The van der Waals surface area contributed by atoms with Gasteiger partial charge in [0.2, 0.25) is 5.88 Å². The second kappa shape index (κ2) is 5.94. The molecule has 3 rings (SSSR count). The zero-order chi connectivity index (χ0) is 13.9. The van der Waals surface area contributed by atoms with Gasteiger partial charge in [0.25, 0.3) is 0 Å².